The van der Waals surface area contributed by atoms with Crippen molar-refractivity contribution < 1.29 is 14.1 Å². The predicted molar refractivity (Wildman–Crippen MR) is 81.8 cm³/mol. The first kappa shape index (κ1) is 15.0. The molecule has 0 spiro atoms. The molecule has 0 amide bonds. The molecule has 1 N–H and O–H groups in total. The molecule has 1 heterocycles. The van der Waals surface area contributed by atoms with Crippen molar-refractivity contribution in [2.24, 2.45) is 0 Å². The van der Waals surface area contributed by atoms with Gasteiger partial charge in [0.05, 0.1) is 13.7 Å². The number of esters is 1. The summed E-state index contributed by atoms with van der Waals surface area (Å²) in [5.41, 5.74) is -1.07. The molecular weight excluding hydrogens is 301 g/mol. The Labute approximate surface area is 122 Å². The Kier molecular flexibility index (Phi) is 5.42. The van der Waals surface area contributed by atoms with E-state index in [2.05, 4.69) is 5.09 Å². The van der Waals surface area contributed by atoms with Crippen molar-refractivity contribution in [1.82, 2.24) is 5.09 Å². The summed E-state index contributed by atoms with van der Waals surface area (Å²) in [5, 5.41) is 3.18. The zero-order valence-corrected chi connectivity index (χ0v) is 13.1. The van der Waals surface area contributed by atoms with Gasteiger partial charge in [0.25, 0.3) is 0 Å². The van der Waals surface area contributed by atoms with E-state index in [4.69, 9.17) is 21.1 Å². The van der Waals surface area contributed by atoms with Crippen molar-refractivity contribution in [3.05, 3.63) is 35.9 Å². The molecule has 1 aromatic rings. The van der Waals surface area contributed by atoms with Gasteiger partial charge in [0.15, 0.2) is 5.62 Å². The Morgan fingerprint density at radius 3 is 2.89 bits per heavy atom. The molecule has 19 heavy (non-hydrogen) atoms. The Morgan fingerprint density at radius 2 is 2.32 bits per heavy atom. The number of ether oxygens (including phenoxy) is 1. The summed E-state index contributed by atoms with van der Waals surface area (Å²) in [6.07, 6.45) is 0.551. The third-order valence-electron chi connectivity index (χ3n) is 2.69. The van der Waals surface area contributed by atoms with Gasteiger partial charge >= 0.3 is 5.97 Å². The molecule has 4 nitrogen and oxygen atoms in total. The van der Waals surface area contributed by atoms with Crippen LogP contribution in [0, 0.1) is 0 Å². The summed E-state index contributed by atoms with van der Waals surface area (Å²) < 4.78 is 10.4. The summed E-state index contributed by atoms with van der Waals surface area (Å²) in [4.78, 5) is 11.9. The van der Waals surface area contributed by atoms with Crippen LogP contribution in [0.5, 0.6) is 0 Å². The van der Waals surface area contributed by atoms with Crippen molar-refractivity contribution in [1.29, 1.82) is 0 Å². The average molecular weight is 317 g/mol. The highest BCUT2D eigenvalue weighted by molar-refractivity contribution is 8.69. The fraction of sp³-hybridized carbons (Fsp3) is 0.417. The first-order valence-corrected chi connectivity index (χ1v) is 10.2. The largest absolute Gasteiger partial charge is 0.468 e. The van der Waals surface area contributed by atoms with Gasteiger partial charge in [-0.1, -0.05) is 41.7 Å². The van der Waals surface area contributed by atoms with Gasteiger partial charge in [0, 0.05) is 5.75 Å². The lowest BCUT2D eigenvalue weighted by Crippen LogP contribution is -2.36. The molecule has 1 aliphatic rings. The van der Waals surface area contributed by atoms with Crippen molar-refractivity contribution >= 4 is 34.8 Å². The minimum absolute atomic E-state index is 0.302. The lowest BCUT2D eigenvalue weighted by Gasteiger charge is -2.22. The summed E-state index contributed by atoms with van der Waals surface area (Å²) >= 11 is 7.06. The lowest BCUT2D eigenvalue weighted by atomic mass is 10.1. The molecule has 1 saturated heterocycles. The minimum atomic E-state index is -2.13. The van der Waals surface area contributed by atoms with Crippen LogP contribution in [0.3, 0.4) is 0 Å². The summed E-state index contributed by atoms with van der Waals surface area (Å²) in [7, 11) is 1.39. The third-order valence-corrected chi connectivity index (χ3v) is 8.31. The maximum absolute atomic E-state index is 11.9. The van der Waals surface area contributed by atoms with Gasteiger partial charge in [-0.2, -0.15) is 0 Å². The molecule has 0 bridgehead atoms. The molecule has 0 aromatic heterocycles. The van der Waals surface area contributed by atoms with Crippen LogP contribution in [0.1, 0.15) is 5.56 Å². The number of nitrogens with one attached hydrogen (secondary N) is 1. The first-order chi connectivity index (χ1) is 9.13. The van der Waals surface area contributed by atoms with Gasteiger partial charge in [-0.25, -0.2) is 5.09 Å². The number of methoxy groups -OCH3 is 1. The van der Waals surface area contributed by atoms with Gasteiger partial charge in [-0.05, 0) is 23.8 Å². The molecule has 104 valence electrons. The smallest absolute Gasteiger partial charge is 0.323 e. The molecular formula is C12H16NO3PS2. The van der Waals surface area contributed by atoms with Crippen LogP contribution in [0.25, 0.3) is 0 Å². The highest BCUT2D eigenvalue weighted by Crippen LogP contribution is 2.60. The van der Waals surface area contributed by atoms with E-state index in [-0.39, 0.29) is 5.97 Å². The number of rotatable bonds is 5. The molecule has 0 radical (unpaired) electrons. The van der Waals surface area contributed by atoms with Crippen molar-refractivity contribution in [2.75, 3.05) is 19.5 Å². The molecule has 1 aliphatic heterocycles. The van der Waals surface area contributed by atoms with Crippen molar-refractivity contribution in [3.63, 3.8) is 0 Å². The van der Waals surface area contributed by atoms with E-state index in [1.807, 2.05) is 30.3 Å². The second-order valence-electron chi connectivity index (χ2n) is 4.06. The van der Waals surface area contributed by atoms with E-state index < -0.39 is 11.7 Å². The van der Waals surface area contributed by atoms with E-state index in [1.165, 1.54) is 7.11 Å². The highest BCUT2D eigenvalue weighted by Gasteiger charge is 2.31. The first-order valence-electron chi connectivity index (χ1n) is 5.92. The summed E-state index contributed by atoms with van der Waals surface area (Å²) in [6, 6.07) is 9.35. The Morgan fingerprint density at radius 1 is 1.58 bits per heavy atom. The quantitative estimate of drug-likeness (QED) is 0.664. The molecule has 1 unspecified atom stereocenters. The van der Waals surface area contributed by atoms with Crippen LogP contribution in [-0.2, 0) is 32.3 Å². The molecule has 0 aliphatic carbocycles. The van der Waals surface area contributed by atoms with E-state index in [0.29, 0.717) is 13.0 Å². The van der Waals surface area contributed by atoms with Gasteiger partial charge in [-0.3, -0.25) is 4.79 Å². The van der Waals surface area contributed by atoms with Crippen molar-refractivity contribution in [3.8, 4) is 0 Å². The molecule has 0 saturated carbocycles. The van der Waals surface area contributed by atoms with Crippen LogP contribution in [0.2, 0.25) is 0 Å². The molecule has 1 aromatic carbocycles. The van der Waals surface area contributed by atoms with Crippen LogP contribution < -0.4 is 5.09 Å². The van der Waals surface area contributed by atoms with Crippen molar-refractivity contribution in [2.45, 2.75) is 12.5 Å². The Balaban J connectivity index is 2.08. The third kappa shape index (κ3) is 4.29. The predicted octanol–water partition coefficient (Wildman–Crippen LogP) is 2.35. The number of benzene rings is 1. The van der Waals surface area contributed by atoms with E-state index in [9.17, 15) is 4.79 Å². The standard InChI is InChI=1S/C12H16NO3PS2/c1-15-12(14)11(9-10-5-3-2-4-6-10)13-17(18)16-7-8-19-17/h2-6,11H,7-9H2,1H3,(H,13,18)/t11-,17?/m0/s1. The topological polar surface area (TPSA) is 47.6 Å². The van der Waals surface area contributed by atoms with Gasteiger partial charge in [0.2, 0.25) is 0 Å². The van der Waals surface area contributed by atoms with Crippen LogP contribution in [0.15, 0.2) is 30.3 Å². The Hall–Kier alpha value is -0.390. The fourth-order valence-corrected chi connectivity index (χ4v) is 6.72. The lowest BCUT2D eigenvalue weighted by molar-refractivity contribution is -0.142. The number of hydrogen-bond acceptors (Lipinski definition) is 5. The monoisotopic (exact) mass is 317 g/mol. The molecule has 1 fully saturated rings. The van der Waals surface area contributed by atoms with Crippen LogP contribution >= 0.6 is 17.0 Å². The second kappa shape index (κ2) is 6.86. The maximum atomic E-state index is 11.9. The number of carbonyl (C=O) groups is 1. The highest BCUT2D eigenvalue weighted by atomic mass is 32.9. The maximum Gasteiger partial charge on any atom is 0.323 e. The minimum Gasteiger partial charge on any atom is -0.468 e. The van der Waals surface area contributed by atoms with Gasteiger partial charge in [-0.15, -0.1) is 0 Å². The zero-order valence-electron chi connectivity index (χ0n) is 10.6. The number of carbonyl (C=O) groups excluding carboxylic acids is 1. The molecule has 2 atom stereocenters. The van der Waals surface area contributed by atoms with Gasteiger partial charge < -0.3 is 9.26 Å². The summed E-state index contributed by atoms with van der Waals surface area (Å²) in [6.45, 7) is 0.647. The van der Waals surface area contributed by atoms with E-state index >= 15 is 0 Å². The molecule has 2 rings (SSSR count). The second-order valence-corrected chi connectivity index (χ2v) is 10.8. The molecule has 7 heteroatoms. The van der Waals surface area contributed by atoms with Crippen LogP contribution in [-0.4, -0.2) is 31.5 Å². The Bertz CT molecular complexity index is 473. The van der Waals surface area contributed by atoms with E-state index in [0.717, 1.165) is 11.3 Å². The fourth-order valence-electron chi connectivity index (χ4n) is 1.79. The van der Waals surface area contributed by atoms with Gasteiger partial charge in [0.1, 0.15) is 6.04 Å². The zero-order chi connectivity index (χ0) is 13.7. The number of hydrogen-bond donors (Lipinski definition) is 1. The van der Waals surface area contributed by atoms with E-state index in [1.54, 1.807) is 11.4 Å². The normalized spacial score (nSPS) is 24.1. The van der Waals surface area contributed by atoms with Crippen LogP contribution in [0.4, 0.5) is 0 Å². The summed E-state index contributed by atoms with van der Waals surface area (Å²) in [5.74, 6) is 0.577. The average Bonchev–Trinajstić information content (AvgIpc) is 2.85. The SMILES string of the molecule is COC(=O)[C@H](Cc1ccccc1)NP1(=S)OCCS1.